The molecule has 0 aromatic heterocycles. The van der Waals surface area contributed by atoms with E-state index in [2.05, 4.69) is 97.1 Å². The first-order valence-corrected chi connectivity index (χ1v) is 11.8. The van der Waals surface area contributed by atoms with Crippen molar-refractivity contribution < 1.29 is 5.11 Å². The zero-order valence-electron chi connectivity index (χ0n) is 18.9. The molecule has 0 aliphatic heterocycles. The van der Waals surface area contributed by atoms with Gasteiger partial charge in [0.05, 0.1) is 0 Å². The fraction of sp³-hybridized carbons (Fsp3) is 0.0909. The summed E-state index contributed by atoms with van der Waals surface area (Å²) in [6.45, 7) is 0. The Hall–Kier alpha value is -3.94. The summed E-state index contributed by atoms with van der Waals surface area (Å²) in [5.74, 6) is 0.186. The van der Waals surface area contributed by atoms with Crippen molar-refractivity contribution in [3.05, 3.63) is 178 Å². The molecule has 1 nitrogen and oxygen atoms in total. The summed E-state index contributed by atoms with van der Waals surface area (Å²) in [5.41, 5.74) is 6.49. The van der Waals surface area contributed by atoms with Gasteiger partial charge in [-0.05, 0) is 38.9 Å². The van der Waals surface area contributed by atoms with E-state index in [0.717, 1.165) is 16.7 Å². The number of hydrogen-bond donors (Lipinski definition) is 1. The zero-order valence-corrected chi connectivity index (χ0v) is 18.9. The molecule has 6 rings (SSSR count). The van der Waals surface area contributed by atoms with Gasteiger partial charge in [-0.2, -0.15) is 0 Å². The Kier molecular flexibility index (Phi) is 5.13. The van der Waals surface area contributed by atoms with Crippen molar-refractivity contribution in [2.24, 2.45) is 0 Å². The van der Waals surface area contributed by atoms with Gasteiger partial charge in [0.1, 0.15) is 5.60 Å². The number of fused-ring (bicyclic) bond motifs is 2. The monoisotopic (exact) mass is 438 g/mol. The van der Waals surface area contributed by atoms with E-state index in [0.29, 0.717) is 0 Å². The highest BCUT2D eigenvalue weighted by atomic mass is 16.3. The summed E-state index contributed by atoms with van der Waals surface area (Å²) in [6.07, 6.45) is 0. The quantitative estimate of drug-likeness (QED) is 0.313. The molecule has 0 saturated heterocycles. The molecule has 1 N–H and O–H groups in total. The molecule has 0 radical (unpaired) electrons. The minimum atomic E-state index is -1.21. The molecule has 0 bridgehead atoms. The van der Waals surface area contributed by atoms with Gasteiger partial charge in [-0.15, -0.1) is 0 Å². The number of aliphatic hydroxyl groups is 1. The summed E-state index contributed by atoms with van der Waals surface area (Å²) >= 11 is 0. The fourth-order valence-corrected chi connectivity index (χ4v) is 5.76. The van der Waals surface area contributed by atoms with Crippen molar-refractivity contribution >= 4 is 0 Å². The second-order valence-corrected chi connectivity index (χ2v) is 9.03. The normalized spacial score (nSPS) is 18.8. The Bertz CT molecular complexity index is 1320. The maximum Gasteiger partial charge on any atom is 0.141 e. The van der Waals surface area contributed by atoms with Crippen LogP contribution in [0.5, 0.6) is 0 Å². The van der Waals surface area contributed by atoms with Gasteiger partial charge in [0.15, 0.2) is 0 Å². The lowest BCUT2D eigenvalue weighted by molar-refractivity contribution is 0.119. The van der Waals surface area contributed by atoms with Crippen LogP contribution in [0.2, 0.25) is 0 Å². The maximum atomic E-state index is 12.5. The molecule has 0 amide bonds. The smallest absolute Gasteiger partial charge is 0.141 e. The molecule has 5 aromatic carbocycles. The maximum absolute atomic E-state index is 12.5. The minimum Gasteiger partial charge on any atom is -0.376 e. The molecule has 1 aliphatic carbocycles. The predicted molar refractivity (Wildman–Crippen MR) is 138 cm³/mol. The average Bonchev–Trinajstić information content (AvgIpc) is 2.92. The third-order valence-corrected chi connectivity index (χ3v) is 7.21. The first-order valence-electron chi connectivity index (χ1n) is 11.8. The second-order valence-electron chi connectivity index (χ2n) is 9.03. The summed E-state index contributed by atoms with van der Waals surface area (Å²) in [6, 6.07) is 48.4. The average molecular weight is 439 g/mol. The van der Waals surface area contributed by atoms with Crippen LogP contribution in [0.1, 0.15) is 50.8 Å². The Labute approximate surface area is 201 Å². The SMILES string of the molecule is OC1(c2ccccc2)c2ccccc2C(C(c2ccccc2)c2ccccc2)c2ccccc21. The second kappa shape index (κ2) is 8.44. The lowest BCUT2D eigenvalue weighted by Gasteiger charge is -2.43. The van der Waals surface area contributed by atoms with Gasteiger partial charge in [0.25, 0.3) is 0 Å². The molecule has 0 saturated carbocycles. The summed E-state index contributed by atoms with van der Waals surface area (Å²) in [7, 11) is 0. The Morgan fingerprint density at radius 2 is 0.853 bits per heavy atom. The third kappa shape index (κ3) is 3.21. The van der Waals surface area contributed by atoms with Crippen molar-refractivity contribution in [3.8, 4) is 0 Å². The summed E-state index contributed by atoms with van der Waals surface area (Å²) in [5, 5.41) is 12.5. The standard InChI is InChI=1S/C33H26O/c34-33(26-18-8-3-9-19-26)29-22-12-10-20-27(29)32(28-21-11-13-23-30(28)33)31(24-14-4-1-5-15-24)25-16-6-2-7-17-25/h1-23,31-32,34H. The lowest BCUT2D eigenvalue weighted by Crippen LogP contribution is -2.37. The van der Waals surface area contributed by atoms with Gasteiger partial charge >= 0.3 is 0 Å². The van der Waals surface area contributed by atoms with Crippen LogP contribution < -0.4 is 0 Å². The topological polar surface area (TPSA) is 20.2 Å². The molecule has 0 atom stereocenters. The van der Waals surface area contributed by atoms with Crippen LogP contribution in [0.25, 0.3) is 0 Å². The highest BCUT2D eigenvalue weighted by molar-refractivity contribution is 5.62. The minimum absolute atomic E-state index is 0.0705. The Morgan fingerprint density at radius 3 is 1.32 bits per heavy atom. The number of benzene rings is 5. The molecule has 0 heterocycles. The van der Waals surface area contributed by atoms with Crippen molar-refractivity contribution in [2.75, 3.05) is 0 Å². The van der Waals surface area contributed by atoms with E-state index in [4.69, 9.17) is 0 Å². The van der Waals surface area contributed by atoms with Gasteiger partial charge < -0.3 is 5.11 Å². The Morgan fingerprint density at radius 1 is 0.471 bits per heavy atom. The van der Waals surface area contributed by atoms with Crippen LogP contribution >= 0.6 is 0 Å². The largest absolute Gasteiger partial charge is 0.376 e. The van der Waals surface area contributed by atoms with Crippen molar-refractivity contribution in [1.82, 2.24) is 0 Å². The Balaban J connectivity index is 1.67. The van der Waals surface area contributed by atoms with Gasteiger partial charge in [-0.1, -0.05) is 140 Å². The van der Waals surface area contributed by atoms with Crippen molar-refractivity contribution in [2.45, 2.75) is 17.4 Å². The van der Waals surface area contributed by atoms with E-state index in [-0.39, 0.29) is 11.8 Å². The van der Waals surface area contributed by atoms with Crippen LogP contribution in [0.15, 0.2) is 140 Å². The molecule has 0 fully saturated rings. The first kappa shape index (κ1) is 20.7. The van der Waals surface area contributed by atoms with E-state index >= 15 is 0 Å². The van der Waals surface area contributed by atoms with Crippen molar-refractivity contribution in [3.63, 3.8) is 0 Å². The molecule has 0 spiro atoms. The molecule has 34 heavy (non-hydrogen) atoms. The fourth-order valence-electron chi connectivity index (χ4n) is 5.76. The van der Waals surface area contributed by atoms with Gasteiger partial charge in [-0.3, -0.25) is 0 Å². The zero-order chi connectivity index (χ0) is 23.0. The number of hydrogen-bond acceptors (Lipinski definition) is 1. The van der Waals surface area contributed by atoms with E-state index in [9.17, 15) is 5.11 Å². The highest BCUT2D eigenvalue weighted by Crippen LogP contribution is 2.54. The molecular weight excluding hydrogens is 412 g/mol. The van der Waals surface area contributed by atoms with Gasteiger partial charge in [0, 0.05) is 11.8 Å². The van der Waals surface area contributed by atoms with Crippen LogP contribution in [-0.2, 0) is 5.60 Å². The third-order valence-electron chi connectivity index (χ3n) is 7.21. The van der Waals surface area contributed by atoms with Crippen LogP contribution in [0.3, 0.4) is 0 Å². The summed E-state index contributed by atoms with van der Waals surface area (Å²) in [4.78, 5) is 0. The molecule has 5 aromatic rings. The first-order chi connectivity index (χ1) is 16.8. The summed E-state index contributed by atoms with van der Waals surface area (Å²) < 4.78 is 0. The van der Waals surface area contributed by atoms with E-state index in [1.807, 2.05) is 42.5 Å². The van der Waals surface area contributed by atoms with Crippen LogP contribution in [0.4, 0.5) is 0 Å². The number of rotatable bonds is 4. The van der Waals surface area contributed by atoms with Crippen molar-refractivity contribution in [1.29, 1.82) is 0 Å². The molecule has 164 valence electrons. The molecule has 0 unspecified atom stereocenters. The highest BCUT2D eigenvalue weighted by Gasteiger charge is 2.45. The van der Waals surface area contributed by atoms with Crippen LogP contribution in [-0.4, -0.2) is 5.11 Å². The van der Waals surface area contributed by atoms with E-state index in [1.54, 1.807) is 0 Å². The lowest BCUT2D eigenvalue weighted by atomic mass is 9.62. The predicted octanol–water partition coefficient (Wildman–Crippen LogP) is 7.25. The molecular formula is C33H26O. The van der Waals surface area contributed by atoms with Gasteiger partial charge in [0.2, 0.25) is 0 Å². The van der Waals surface area contributed by atoms with E-state index in [1.165, 1.54) is 22.3 Å². The molecule has 1 aliphatic rings. The van der Waals surface area contributed by atoms with Gasteiger partial charge in [-0.25, -0.2) is 0 Å². The van der Waals surface area contributed by atoms with Crippen LogP contribution in [0, 0.1) is 0 Å². The molecule has 1 heteroatoms. The van der Waals surface area contributed by atoms with E-state index < -0.39 is 5.60 Å².